The molecule has 1 unspecified atom stereocenters. The van der Waals surface area contributed by atoms with E-state index in [2.05, 4.69) is 5.32 Å². The second kappa shape index (κ2) is 11.4. The Morgan fingerprint density at radius 3 is 2.71 bits per heavy atom. The molecule has 0 aliphatic carbocycles. The van der Waals surface area contributed by atoms with Crippen molar-refractivity contribution in [3.8, 4) is 11.5 Å². The van der Waals surface area contributed by atoms with Crippen molar-refractivity contribution in [2.75, 3.05) is 26.8 Å². The molecule has 0 saturated carbocycles. The van der Waals surface area contributed by atoms with E-state index in [9.17, 15) is 0 Å². The molecule has 5 heteroatoms. The minimum absolute atomic E-state index is 0. The van der Waals surface area contributed by atoms with Crippen LogP contribution in [0.5, 0.6) is 11.5 Å². The van der Waals surface area contributed by atoms with E-state index in [0.717, 1.165) is 30.0 Å². The van der Waals surface area contributed by atoms with Crippen LogP contribution in [-0.4, -0.2) is 38.0 Å². The van der Waals surface area contributed by atoms with Gasteiger partial charge in [0.15, 0.2) is 11.5 Å². The van der Waals surface area contributed by atoms with Gasteiger partial charge in [0.2, 0.25) is 0 Å². The molecule has 1 atom stereocenters. The Balaban J connectivity index is 0.00000400. The summed E-state index contributed by atoms with van der Waals surface area (Å²) in [6.07, 6.45) is 4.58. The molecule has 0 saturated heterocycles. The third-order valence-electron chi connectivity index (χ3n) is 2.74. The van der Waals surface area contributed by atoms with E-state index >= 15 is 0 Å². The van der Waals surface area contributed by atoms with E-state index in [1.54, 1.807) is 14.0 Å². The summed E-state index contributed by atoms with van der Waals surface area (Å²) in [4.78, 5) is 0. The van der Waals surface area contributed by atoms with Crippen LogP contribution in [0.2, 0.25) is 0 Å². The summed E-state index contributed by atoms with van der Waals surface area (Å²) < 4.78 is 11.1. The molecule has 0 radical (unpaired) electrons. The van der Waals surface area contributed by atoms with Crippen LogP contribution in [0.15, 0.2) is 24.3 Å². The fraction of sp³-hybridized carbons (Fsp3) is 0.500. The van der Waals surface area contributed by atoms with Gasteiger partial charge in [0.25, 0.3) is 0 Å². The van der Waals surface area contributed by atoms with Crippen LogP contribution < -0.4 is 14.8 Å². The Morgan fingerprint density at radius 1 is 1.33 bits per heavy atom. The molecule has 4 nitrogen and oxygen atoms in total. The van der Waals surface area contributed by atoms with Crippen LogP contribution in [0.4, 0.5) is 0 Å². The van der Waals surface area contributed by atoms with Crippen molar-refractivity contribution in [2.45, 2.75) is 26.4 Å². The summed E-state index contributed by atoms with van der Waals surface area (Å²) >= 11 is 0. The zero-order valence-corrected chi connectivity index (χ0v) is 13.8. The molecule has 0 aromatic heterocycles. The SMILES string of the molecule is CC=Cc1ccc(OCCCNCC(C)O)c(OC)c1.Cl. The molecule has 0 fully saturated rings. The number of nitrogens with one attached hydrogen (secondary N) is 1. The molecule has 1 rings (SSSR count). The third-order valence-corrected chi connectivity index (χ3v) is 2.74. The van der Waals surface area contributed by atoms with Gasteiger partial charge in [0.1, 0.15) is 0 Å². The quantitative estimate of drug-likeness (QED) is 0.688. The highest BCUT2D eigenvalue weighted by Crippen LogP contribution is 2.28. The maximum absolute atomic E-state index is 9.11. The predicted octanol–water partition coefficient (Wildman–Crippen LogP) is 2.89. The van der Waals surface area contributed by atoms with E-state index in [4.69, 9.17) is 14.6 Å². The smallest absolute Gasteiger partial charge is 0.161 e. The lowest BCUT2D eigenvalue weighted by Gasteiger charge is -2.12. The molecule has 21 heavy (non-hydrogen) atoms. The maximum Gasteiger partial charge on any atom is 0.161 e. The normalized spacial score (nSPS) is 12.0. The van der Waals surface area contributed by atoms with Gasteiger partial charge in [-0.25, -0.2) is 0 Å². The number of ether oxygens (including phenoxy) is 2. The Labute approximate surface area is 133 Å². The van der Waals surface area contributed by atoms with E-state index < -0.39 is 0 Å². The zero-order valence-electron chi connectivity index (χ0n) is 13.0. The number of halogens is 1. The molecular formula is C16H26ClNO3. The van der Waals surface area contributed by atoms with Crippen molar-refractivity contribution in [3.05, 3.63) is 29.8 Å². The standard InChI is InChI=1S/C16H25NO3.ClH/c1-4-6-14-7-8-15(16(11-14)19-3)20-10-5-9-17-12-13(2)18;/h4,6-8,11,13,17-18H,5,9-10,12H2,1-3H3;1H. The van der Waals surface area contributed by atoms with E-state index in [1.807, 2.05) is 37.3 Å². The third kappa shape index (κ3) is 7.95. The van der Waals surface area contributed by atoms with E-state index in [0.29, 0.717) is 13.2 Å². The van der Waals surface area contributed by atoms with Crippen LogP contribution in [0, 0.1) is 0 Å². The largest absolute Gasteiger partial charge is 0.493 e. The van der Waals surface area contributed by atoms with Crippen LogP contribution >= 0.6 is 12.4 Å². The summed E-state index contributed by atoms with van der Waals surface area (Å²) in [6, 6.07) is 5.89. The molecule has 0 aliphatic heterocycles. The van der Waals surface area contributed by atoms with Crippen molar-refractivity contribution in [3.63, 3.8) is 0 Å². The lowest BCUT2D eigenvalue weighted by molar-refractivity contribution is 0.190. The van der Waals surface area contributed by atoms with E-state index in [1.165, 1.54) is 0 Å². The first-order chi connectivity index (χ1) is 9.67. The molecule has 0 amide bonds. The van der Waals surface area contributed by atoms with Gasteiger partial charge in [-0.3, -0.25) is 0 Å². The summed E-state index contributed by atoms with van der Waals surface area (Å²) in [5.41, 5.74) is 1.09. The lowest BCUT2D eigenvalue weighted by atomic mass is 10.2. The van der Waals surface area contributed by atoms with Crippen molar-refractivity contribution in [1.82, 2.24) is 5.32 Å². The molecule has 0 aliphatic rings. The number of allylic oxidation sites excluding steroid dienone is 1. The second-order valence-corrected chi connectivity index (χ2v) is 4.67. The highest BCUT2D eigenvalue weighted by Gasteiger charge is 2.04. The van der Waals surface area contributed by atoms with Crippen LogP contribution in [0.25, 0.3) is 6.08 Å². The van der Waals surface area contributed by atoms with Gasteiger partial charge in [-0.15, -0.1) is 12.4 Å². The minimum Gasteiger partial charge on any atom is -0.493 e. The number of benzene rings is 1. The zero-order chi connectivity index (χ0) is 14.8. The summed E-state index contributed by atoms with van der Waals surface area (Å²) in [5, 5.41) is 12.3. The summed E-state index contributed by atoms with van der Waals surface area (Å²) in [6.45, 7) is 5.80. The number of aliphatic hydroxyl groups is 1. The van der Waals surface area contributed by atoms with Gasteiger partial charge in [0, 0.05) is 6.54 Å². The summed E-state index contributed by atoms with van der Waals surface area (Å²) in [7, 11) is 1.64. The molecule has 0 spiro atoms. The predicted molar refractivity (Wildman–Crippen MR) is 89.6 cm³/mol. The molecule has 1 aromatic carbocycles. The van der Waals surface area contributed by atoms with Gasteiger partial charge < -0.3 is 19.9 Å². The highest BCUT2D eigenvalue weighted by molar-refractivity contribution is 5.85. The van der Waals surface area contributed by atoms with Crippen molar-refractivity contribution in [2.24, 2.45) is 0 Å². The molecule has 120 valence electrons. The fourth-order valence-corrected chi connectivity index (χ4v) is 1.79. The van der Waals surface area contributed by atoms with Gasteiger partial charge in [-0.2, -0.15) is 0 Å². The van der Waals surface area contributed by atoms with Gasteiger partial charge >= 0.3 is 0 Å². The molecule has 0 heterocycles. The Kier molecular flexibility index (Phi) is 10.8. The number of rotatable bonds is 9. The number of methoxy groups -OCH3 is 1. The monoisotopic (exact) mass is 315 g/mol. The Morgan fingerprint density at radius 2 is 2.10 bits per heavy atom. The molecule has 1 aromatic rings. The van der Waals surface area contributed by atoms with Crippen LogP contribution in [-0.2, 0) is 0 Å². The Bertz CT molecular complexity index is 422. The van der Waals surface area contributed by atoms with Gasteiger partial charge in [0.05, 0.1) is 19.8 Å². The first-order valence-electron chi connectivity index (χ1n) is 6.99. The van der Waals surface area contributed by atoms with Crippen LogP contribution in [0.1, 0.15) is 25.8 Å². The van der Waals surface area contributed by atoms with Crippen molar-refractivity contribution in [1.29, 1.82) is 0 Å². The molecule has 2 N–H and O–H groups in total. The van der Waals surface area contributed by atoms with Crippen molar-refractivity contribution >= 4 is 18.5 Å². The fourth-order valence-electron chi connectivity index (χ4n) is 1.79. The van der Waals surface area contributed by atoms with Crippen LogP contribution in [0.3, 0.4) is 0 Å². The topological polar surface area (TPSA) is 50.7 Å². The van der Waals surface area contributed by atoms with Gasteiger partial charge in [-0.1, -0.05) is 18.2 Å². The maximum atomic E-state index is 9.11. The lowest BCUT2D eigenvalue weighted by Crippen LogP contribution is -2.26. The average molecular weight is 316 g/mol. The minimum atomic E-state index is -0.310. The first kappa shape index (κ1) is 19.8. The number of aliphatic hydroxyl groups excluding tert-OH is 1. The first-order valence-corrected chi connectivity index (χ1v) is 6.99. The van der Waals surface area contributed by atoms with Crippen molar-refractivity contribution < 1.29 is 14.6 Å². The number of hydrogen-bond acceptors (Lipinski definition) is 4. The second-order valence-electron chi connectivity index (χ2n) is 4.67. The van der Waals surface area contributed by atoms with Gasteiger partial charge in [-0.05, 0) is 44.5 Å². The molecule has 0 bridgehead atoms. The highest BCUT2D eigenvalue weighted by atomic mass is 35.5. The Hall–Kier alpha value is -1.23. The van der Waals surface area contributed by atoms with E-state index in [-0.39, 0.29) is 18.5 Å². The number of hydrogen-bond donors (Lipinski definition) is 2. The molecular weight excluding hydrogens is 290 g/mol. The summed E-state index contributed by atoms with van der Waals surface area (Å²) in [5.74, 6) is 1.51. The average Bonchev–Trinajstić information content (AvgIpc) is 2.43.